The third kappa shape index (κ3) is 3.12. The highest BCUT2D eigenvalue weighted by molar-refractivity contribution is 4.98. The van der Waals surface area contributed by atoms with Crippen LogP contribution in [-0.2, 0) is 18.2 Å². The number of hydrogen-bond donors (Lipinski definition) is 1. The minimum absolute atomic E-state index is 0.327. The van der Waals surface area contributed by atoms with Gasteiger partial charge >= 0.3 is 0 Å². The molecule has 1 saturated heterocycles. The molecular formula is C14H25N3O. The van der Waals surface area contributed by atoms with E-state index in [0.29, 0.717) is 18.1 Å². The van der Waals surface area contributed by atoms with Gasteiger partial charge in [0.2, 0.25) is 0 Å². The number of imidazole rings is 1. The van der Waals surface area contributed by atoms with Gasteiger partial charge in [-0.25, -0.2) is 4.98 Å². The summed E-state index contributed by atoms with van der Waals surface area (Å²) in [5.74, 6) is 1.77. The van der Waals surface area contributed by atoms with Gasteiger partial charge in [0.1, 0.15) is 5.82 Å². The zero-order valence-electron chi connectivity index (χ0n) is 11.7. The molecule has 1 aromatic heterocycles. The second-order valence-corrected chi connectivity index (χ2v) is 5.32. The van der Waals surface area contributed by atoms with Crippen LogP contribution in [0, 0.1) is 5.92 Å². The summed E-state index contributed by atoms with van der Waals surface area (Å²) in [4.78, 5) is 4.43. The molecule has 102 valence electrons. The first-order valence-electron chi connectivity index (χ1n) is 7.03. The number of aromatic nitrogens is 2. The van der Waals surface area contributed by atoms with E-state index < -0.39 is 0 Å². The topological polar surface area (TPSA) is 39.1 Å². The predicted molar refractivity (Wildman–Crippen MR) is 72.5 cm³/mol. The normalized spacial score (nSPS) is 25.5. The van der Waals surface area contributed by atoms with E-state index in [1.807, 2.05) is 12.4 Å². The van der Waals surface area contributed by atoms with Gasteiger partial charge in [0, 0.05) is 38.5 Å². The lowest BCUT2D eigenvalue weighted by atomic mass is 9.95. The fraction of sp³-hybridized carbons (Fsp3) is 0.786. The van der Waals surface area contributed by atoms with Crippen molar-refractivity contribution in [2.45, 2.75) is 45.3 Å². The number of hydrogen-bond acceptors (Lipinski definition) is 3. The van der Waals surface area contributed by atoms with Crippen LogP contribution in [0.5, 0.6) is 0 Å². The van der Waals surface area contributed by atoms with Crippen LogP contribution < -0.4 is 5.32 Å². The highest BCUT2D eigenvalue weighted by Crippen LogP contribution is 2.24. The number of aryl methyl sites for hydroxylation is 1. The summed E-state index contributed by atoms with van der Waals surface area (Å²) in [5.41, 5.74) is 0. The molecule has 18 heavy (non-hydrogen) atoms. The van der Waals surface area contributed by atoms with Gasteiger partial charge in [-0.2, -0.15) is 0 Å². The van der Waals surface area contributed by atoms with E-state index in [2.05, 4.69) is 35.8 Å². The molecule has 1 aliphatic rings. The zero-order valence-corrected chi connectivity index (χ0v) is 11.7. The van der Waals surface area contributed by atoms with Gasteiger partial charge < -0.3 is 14.6 Å². The van der Waals surface area contributed by atoms with Crippen molar-refractivity contribution in [3.63, 3.8) is 0 Å². The molecule has 2 rings (SSSR count). The summed E-state index contributed by atoms with van der Waals surface area (Å²) >= 11 is 0. The lowest BCUT2D eigenvalue weighted by Crippen LogP contribution is -2.44. The zero-order chi connectivity index (χ0) is 13.0. The van der Waals surface area contributed by atoms with Crippen molar-refractivity contribution in [3.05, 3.63) is 18.2 Å². The smallest absolute Gasteiger partial charge is 0.110 e. The Balaban J connectivity index is 2.02. The van der Waals surface area contributed by atoms with Gasteiger partial charge in [0.05, 0.1) is 6.10 Å². The molecule has 1 N–H and O–H groups in total. The van der Waals surface area contributed by atoms with E-state index >= 15 is 0 Å². The van der Waals surface area contributed by atoms with E-state index in [0.717, 1.165) is 31.8 Å². The maximum Gasteiger partial charge on any atom is 0.110 e. The van der Waals surface area contributed by atoms with Crippen LogP contribution >= 0.6 is 0 Å². The summed E-state index contributed by atoms with van der Waals surface area (Å²) in [5, 5.41) is 3.63. The van der Waals surface area contributed by atoms with Gasteiger partial charge in [-0.15, -0.1) is 0 Å². The van der Waals surface area contributed by atoms with Crippen LogP contribution in [0.4, 0.5) is 0 Å². The average molecular weight is 251 g/mol. The van der Waals surface area contributed by atoms with Gasteiger partial charge in [-0.3, -0.25) is 0 Å². The van der Waals surface area contributed by atoms with Crippen molar-refractivity contribution in [1.29, 1.82) is 0 Å². The first-order valence-corrected chi connectivity index (χ1v) is 7.03. The Bertz CT molecular complexity index is 364. The molecule has 0 amide bonds. The van der Waals surface area contributed by atoms with Crippen LogP contribution in [0.3, 0.4) is 0 Å². The molecule has 1 aliphatic heterocycles. The van der Waals surface area contributed by atoms with Crippen molar-refractivity contribution < 1.29 is 4.74 Å². The number of ether oxygens (including phenoxy) is 1. The maximum absolute atomic E-state index is 5.91. The molecule has 0 aromatic carbocycles. The minimum Gasteiger partial charge on any atom is -0.376 e. The Morgan fingerprint density at radius 2 is 2.44 bits per heavy atom. The van der Waals surface area contributed by atoms with Crippen molar-refractivity contribution in [3.8, 4) is 0 Å². The van der Waals surface area contributed by atoms with E-state index in [-0.39, 0.29) is 0 Å². The first kappa shape index (κ1) is 13.6. The molecule has 2 heterocycles. The molecule has 3 atom stereocenters. The monoisotopic (exact) mass is 251 g/mol. The molecule has 1 fully saturated rings. The molecule has 0 radical (unpaired) electrons. The molecular weight excluding hydrogens is 226 g/mol. The van der Waals surface area contributed by atoms with Gasteiger partial charge in [0.25, 0.3) is 0 Å². The lowest BCUT2D eigenvalue weighted by Gasteiger charge is -2.27. The average Bonchev–Trinajstić information content (AvgIpc) is 2.94. The van der Waals surface area contributed by atoms with Crippen molar-refractivity contribution in [2.24, 2.45) is 13.0 Å². The fourth-order valence-electron chi connectivity index (χ4n) is 2.66. The Morgan fingerprint density at radius 3 is 3.00 bits per heavy atom. The molecule has 4 heteroatoms. The third-order valence-electron chi connectivity index (χ3n) is 3.82. The number of rotatable bonds is 6. The van der Waals surface area contributed by atoms with Gasteiger partial charge in [0.15, 0.2) is 0 Å². The summed E-state index contributed by atoms with van der Waals surface area (Å²) < 4.78 is 8.01. The highest BCUT2D eigenvalue weighted by atomic mass is 16.5. The van der Waals surface area contributed by atoms with E-state index in [1.165, 1.54) is 6.42 Å². The third-order valence-corrected chi connectivity index (χ3v) is 3.82. The van der Waals surface area contributed by atoms with Crippen LogP contribution in [0.2, 0.25) is 0 Å². The molecule has 0 spiro atoms. The van der Waals surface area contributed by atoms with E-state index in [9.17, 15) is 0 Å². The Hall–Kier alpha value is -0.870. The van der Waals surface area contributed by atoms with Gasteiger partial charge in [-0.1, -0.05) is 13.8 Å². The second-order valence-electron chi connectivity index (χ2n) is 5.32. The van der Waals surface area contributed by atoms with Crippen molar-refractivity contribution in [1.82, 2.24) is 14.9 Å². The number of nitrogens with one attached hydrogen (secondary N) is 1. The molecule has 0 aliphatic carbocycles. The SMILES string of the molecule is CCCNC(Cc1nccn1C)C1OCCC1C. The Morgan fingerprint density at radius 1 is 1.61 bits per heavy atom. The molecule has 4 nitrogen and oxygen atoms in total. The molecule has 0 bridgehead atoms. The quantitative estimate of drug-likeness (QED) is 0.837. The minimum atomic E-state index is 0.327. The highest BCUT2D eigenvalue weighted by Gasteiger charge is 2.32. The van der Waals surface area contributed by atoms with E-state index in [4.69, 9.17) is 4.74 Å². The van der Waals surface area contributed by atoms with Crippen molar-refractivity contribution >= 4 is 0 Å². The fourth-order valence-corrected chi connectivity index (χ4v) is 2.66. The molecule has 1 aromatic rings. The maximum atomic E-state index is 5.91. The standard InChI is InChI=1S/C14H25N3O/c1-4-6-15-12(14-11(2)5-9-18-14)10-13-16-7-8-17(13)3/h7-8,11-12,14-15H,4-6,9-10H2,1-3H3. The number of nitrogens with zero attached hydrogens (tertiary/aromatic N) is 2. The van der Waals surface area contributed by atoms with Crippen LogP contribution in [-0.4, -0.2) is 34.8 Å². The largest absolute Gasteiger partial charge is 0.376 e. The van der Waals surface area contributed by atoms with Crippen molar-refractivity contribution in [2.75, 3.05) is 13.2 Å². The summed E-state index contributed by atoms with van der Waals surface area (Å²) in [6.45, 7) is 6.43. The Kier molecular flexibility index (Phi) is 4.78. The summed E-state index contributed by atoms with van der Waals surface area (Å²) in [7, 11) is 2.05. The van der Waals surface area contributed by atoms with Gasteiger partial charge in [-0.05, 0) is 25.3 Å². The van der Waals surface area contributed by atoms with E-state index in [1.54, 1.807) is 0 Å². The molecule has 0 saturated carbocycles. The summed E-state index contributed by atoms with van der Waals surface area (Å²) in [6.07, 6.45) is 7.47. The van der Waals surface area contributed by atoms with Crippen LogP contribution in [0.25, 0.3) is 0 Å². The first-order chi connectivity index (χ1) is 8.72. The van der Waals surface area contributed by atoms with Crippen LogP contribution in [0.1, 0.15) is 32.5 Å². The Labute approximate surface area is 110 Å². The second kappa shape index (κ2) is 6.34. The van der Waals surface area contributed by atoms with Crippen LogP contribution in [0.15, 0.2) is 12.4 Å². The predicted octanol–water partition coefficient (Wildman–Crippen LogP) is 1.76. The lowest BCUT2D eigenvalue weighted by molar-refractivity contribution is 0.0602. The molecule has 3 unspecified atom stereocenters. The summed E-state index contributed by atoms with van der Waals surface area (Å²) in [6, 6.07) is 0.378.